The SMILES string of the molecule is CN1CCNCC1c1noc(C2CC2c2ccccc2OC(F)(F)F)n1.Cl. The normalized spacial score (nSPS) is 25.7. The Bertz CT molecular complexity index is 786. The van der Waals surface area contributed by atoms with Crippen LogP contribution in [-0.4, -0.2) is 48.1 Å². The van der Waals surface area contributed by atoms with Gasteiger partial charge >= 0.3 is 6.36 Å². The predicted molar refractivity (Wildman–Crippen MR) is 93.0 cm³/mol. The van der Waals surface area contributed by atoms with Crippen molar-refractivity contribution < 1.29 is 22.4 Å². The van der Waals surface area contributed by atoms with E-state index >= 15 is 0 Å². The maximum Gasteiger partial charge on any atom is 0.573 e. The molecule has 0 spiro atoms. The van der Waals surface area contributed by atoms with E-state index in [1.807, 2.05) is 7.05 Å². The number of nitrogens with one attached hydrogen (secondary N) is 1. The largest absolute Gasteiger partial charge is 0.573 e. The van der Waals surface area contributed by atoms with Gasteiger partial charge in [0.1, 0.15) is 5.75 Å². The van der Waals surface area contributed by atoms with Crippen LogP contribution in [0.4, 0.5) is 13.2 Å². The monoisotopic (exact) mass is 404 g/mol. The summed E-state index contributed by atoms with van der Waals surface area (Å²) < 4.78 is 47.3. The van der Waals surface area contributed by atoms with Crippen LogP contribution in [0.15, 0.2) is 28.8 Å². The molecule has 4 rings (SSSR count). The number of benzene rings is 1. The van der Waals surface area contributed by atoms with Gasteiger partial charge in [0.15, 0.2) is 5.82 Å². The molecule has 1 aliphatic heterocycles. The van der Waals surface area contributed by atoms with Crippen molar-refractivity contribution in [2.45, 2.75) is 30.7 Å². The first-order chi connectivity index (χ1) is 12.4. The van der Waals surface area contributed by atoms with E-state index in [2.05, 4.69) is 25.1 Å². The highest BCUT2D eigenvalue weighted by Crippen LogP contribution is 2.56. The smallest absolute Gasteiger partial charge is 0.405 e. The van der Waals surface area contributed by atoms with Crippen LogP contribution in [0.5, 0.6) is 5.75 Å². The van der Waals surface area contributed by atoms with E-state index in [1.165, 1.54) is 12.1 Å². The summed E-state index contributed by atoms with van der Waals surface area (Å²) >= 11 is 0. The second kappa shape index (κ2) is 7.65. The molecule has 1 saturated carbocycles. The van der Waals surface area contributed by atoms with Crippen molar-refractivity contribution in [3.05, 3.63) is 41.5 Å². The zero-order valence-electron chi connectivity index (χ0n) is 14.6. The van der Waals surface area contributed by atoms with Gasteiger partial charge in [-0.15, -0.1) is 25.6 Å². The van der Waals surface area contributed by atoms with Gasteiger partial charge < -0.3 is 14.6 Å². The molecule has 2 heterocycles. The van der Waals surface area contributed by atoms with Crippen molar-refractivity contribution in [1.29, 1.82) is 0 Å². The number of hydrogen-bond donors (Lipinski definition) is 1. The van der Waals surface area contributed by atoms with Gasteiger partial charge in [0.05, 0.1) is 6.04 Å². The molecule has 10 heteroatoms. The first-order valence-corrected chi connectivity index (χ1v) is 8.51. The summed E-state index contributed by atoms with van der Waals surface area (Å²) in [4.78, 5) is 6.66. The van der Waals surface area contributed by atoms with Crippen LogP contribution < -0.4 is 10.1 Å². The van der Waals surface area contributed by atoms with E-state index < -0.39 is 6.36 Å². The van der Waals surface area contributed by atoms with Crippen molar-refractivity contribution in [2.75, 3.05) is 26.7 Å². The lowest BCUT2D eigenvalue weighted by Gasteiger charge is -2.30. The molecule has 1 aromatic heterocycles. The van der Waals surface area contributed by atoms with E-state index in [-0.39, 0.29) is 36.0 Å². The Morgan fingerprint density at radius 3 is 2.78 bits per heavy atom. The molecule has 6 nitrogen and oxygen atoms in total. The first kappa shape index (κ1) is 19.9. The molecule has 1 aliphatic carbocycles. The molecule has 2 aromatic rings. The highest BCUT2D eigenvalue weighted by molar-refractivity contribution is 5.85. The quantitative estimate of drug-likeness (QED) is 0.844. The molecule has 1 aromatic carbocycles. The van der Waals surface area contributed by atoms with Crippen molar-refractivity contribution in [3.63, 3.8) is 0 Å². The Labute approximate surface area is 160 Å². The van der Waals surface area contributed by atoms with Gasteiger partial charge in [-0.2, -0.15) is 4.98 Å². The van der Waals surface area contributed by atoms with Crippen LogP contribution in [0.25, 0.3) is 0 Å². The molecular weight excluding hydrogens is 385 g/mol. The molecule has 148 valence electrons. The molecule has 1 saturated heterocycles. The number of nitrogens with zero attached hydrogens (tertiary/aromatic N) is 3. The predicted octanol–water partition coefficient (Wildman–Crippen LogP) is 3.24. The van der Waals surface area contributed by atoms with E-state index in [4.69, 9.17) is 4.52 Å². The summed E-state index contributed by atoms with van der Waals surface area (Å²) in [5.41, 5.74) is 0.519. The fraction of sp³-hybridized carbons (Fsp3) is 0.529. The maximum absolute atomic E-state index is 12.6. The lowest BCUT2D eigenvalue weighted by Crippen LogP contribution is -2.44. The summed E-state index contributed by atoms with van der Waals surface area (Å²) in [5.74, 6) is 0.745. The number of rotatable bonds is 4. The van der Waals surface area contributed by atoms with Crippen LogP contribution in [0, 0.1) is 0 Å². The second-order valence-corrected chi connectivity index (χ2v) is 6.73. The average Bonchev–Trinajstić information content (AvgIpc) is 3.23. The number of para-hydroxylation sites is 1. The Kier molecular flexibility index (Phi) is 5.64. The van der Waals surface area contributed by atoms with Crippen molar-refractivity contribution in [3.8, 4) is 5.75 Å². The Morgan fingerprint density at radius 1 is 1.26 bits per heavy atom. The lowest BCUT2D eigenvalue weighted by atomic mass is 10.1. The van der Waals surface area contributed by atoms with Crippen molar-refractivity contribution in [1.82, 2.24) is 20.4 Å². The maximum atomic E-state index is 12.6. The topological polar surface area (TPSA) is 63.4 Å². The number of hydrogen-bond acceptors (Lipinski definition) is 6. The van der Waals surface area contributed by atoms with Gasteiger partial charge in [-0.1, -0.05) is 23.4 Å². The third-order valence-electron chi connectivity index (χ3n) is 4.92. The first-order valence-electron chi connectivity index (χ1n) is 8.51. The number of piperazine rings is 1. The fourth-order valence-corrected chi connectivity index (χ4v) is 3.44. The summed E-state index contributed by atoms with van der Waals surface area (Å²) in [6.07, 6.45) is -4.05. The minimum Gasteiger partial charge on any atom is -0.405 e. The standard InChI is InChI=1S/C17H19F3N4O2.ClH/c1-24-7-6-21-9-13(24)15-22-16(26-23-15)12-8-11(12)10-4-2-3-5-14(10)25-17(18,19)20;/h2-5,11-13,21H,6-9H2,1H3;1H. The van der Waals surface area contributed by atoms with Crippen molar-refractivity contribution in [2.24, 2.45) is 0 Å². The highest BCUT2D eigenvalue weighted by atomic mass is 35.5. The Hall–Kier alpha value is -1.84. The molecule has 2 aliphatic rings. The molecule has 3 unspecified atom stereocenters. The van der Waals surface area contributed by atoms with Crippen LogP contribution in [0.1, 0.15) is 41.6 Å². The molecule has 27 heavy (non-hydrogen) atoms. The van der Waals surface area contributed by atoms with Crippen molar-refractivity contribution >= 4 is 12.4 Å². The number of halogens is 4. The van der Waals surface area contributed by atoms with E-state index in [0.717, 1.165) is 19.6 Å². The van der Waals surface area contributed by atoms with Crippen LogP contribution in [0.3, 0.4) is 0 Å². The average molecular weight is 405 g/mol. The van der Waals surface area contributed by atoms with Crippen LogP contribution in [-0.2, 0) is 0 Å². The van der Waals surface area contributed by atoms with Gasteiger partial charge in [0, 0.05) is 25.6 Å². The Balaban J connectivity index is 0.00000210. The molecule has 0 bridgehead atoms. The second-order valence-electron chi connectivity index (χ2n) is 6.73. The molecule has 1 N–H and O–H groups in total. The molecule has 0 radical (unpaired) electrons. The van der Waals surface area contributed by atoms with Crippen LogP contribution in [0.2, 0.25) is 0 Å². The number of likely N-dealkylation sites (N-methyl/N-ethyl adjacent to an activating group) is 1. The number of aromatic nitrogens is 2. The van der Waals surface area contributed by atoms with E-state index in [0.29, 0.717) is 23.7 Å². The van der Waals surface area contributed by atoms with Crippen LogP contribution >= 0.6 is 12.4 Å². The van der Waals surface area contributed by atoms with Gasteiger partial charge in [0.25, 0.3) is 0 Å². The summed E-state index contributed by atoms with van der Waals surface area (Å²) in [7, 11) is 2.01. The van der Waals surface area contributed by atoms with E-state index in [1.54, 1.807) is 12.1 Å². The zero-order valence-corrected chi connectivity index (χ0v) is 15.4. The van der Waals surface area contributed by atoms with E-state index in [9.17, 15) is 13.2 Å². The minimum absolute atomic E-state index is 0. The molecule has 3 atom stereocenters. The summed E-state index contributed by atoms with van der Waals surface area (Å²) in [6, 6.07) is 6.26. The molecular formula is C17H20ClF3N4O2. The van der Waals surface area contributed by atoms with Gasteiger partial charge in [-0.25, -0.2) is 0 Å². The highest BCUT2D eigenvalue weighted by Gasteiger charge is 2.46. The third-order valence-corrected chi connectivity index (χ3v) is 4.92. The summed E-state index contributed by atoms with van der Waals surface area (Å²) in [5, 5.41) is 7.38. The summed E-state index contributed by atoms with van der Waals surface area (Å²) in [6.45, 7) is 2.55. The number of ether oxygens (including phenoxy) is 1. The van der Waals surface area contributed by atoms with Gasteiger partial charge in [0.2, 0.25) is 5.89 Å². The fourth-order valence-electron chi connectivity index (χ4n) is 3.44. The third kappa shape index (κ3) is 4.36. The minimum atomic E-state index is -4.71. The Morgan fingerprint density at radius 2 is 2.04 bits per heavy atom. The van der Waals surface area contributed by atoms with Gasteiger partial charge in [-0.3, -0.25) is 4.90 Å². The molecule has 0 amide bonds. The van der Waals surface area contributed by atoms with Gasteiger partial charge in [-0.05, 0) is 31.0 Å². The number of alkyl halides is 3. The lowest BCUT2D eigenvalue weighted by molar-refractivity contribution is -0.274. The molecule has 2 fully saturated rings. The zero-order chi connectivity index (χ0) is 18.3.